The zero-order valence-electron chi connectivity index (χ0n) is 15.0. The minimum atomic E-state index is -2.98. The minimum absolute atomic E-state index is 0.132. The second-order valence-corrected chi connectivity index (χ2v) is 9.23. The van der Waals surface area contributed by atoms with Crippen molar-refractivity contribution in [3.8, 4) is 11.3 Å². The molecule has 6 nitrogen and oxygen atoms in total. The van der Waals surface area contributed by atoms with Crippen molar-refractivity contribution in [2.45, 2.75) is 18.9 Å². The third-order valence-corrected chi connectivity index (χ3v) is 6.73. The Morgan fingerprint density at radius 3 is 2.63 bits per heavy atom. The van der Waals surface area contributed by atoms with Gasteiger partial charge in [0.15, 0.2) is 9.84 Å². The molecule has 1 aliphatic heterocycles. The van der Waals surface area contributed by atoms with Crippen LogP contribution in [-0.2, 0) is 15.4 Å². The number of rotatable bonds is 4. The van der Waals surface area contributed by atoms with Crippen LogP contribution >= 0.6 is 0 Å². The van der Waals surface area contributed by atoms with Crippen LogP contribution < -0.4 is 0 Å². The first kappa shape index (κ1) is 17.6. The van der Waals surface area contributed by atoms with Crippen molar-refractivity contribution in [2.75, 3.05) is 11.5 Å². The quantitative estimate of drug-likeness (QED) is 0.695. The molecule has 1 fully saturated rings. The van der Waals surface area contributed by atoms with Gasteiger partial charge < -0.3 is 0 Å². The zero-order chi connectivity index (χ0) is 18.9. The fraction of sp³-hybridized carbons (Fsp3) is 0.250. The molecular weight excluding hydrogens is 360 g/mol. The van der Waals surface area contributed by atoms with Gasteiger partial charge in [-0.2, -0.15) is 5.10 Å². The molecule has 1 aromatic carbocycles. The summed E-state index contributed by atoms with van der Waals surface area (Å²) in [4.78, 5) is 8.89. The molecule has 2 aromatic heterocycles. The van der Waals surface area contributed by atoms with E-state index in [-0.39, 0.29) is 11.5 Å². The SMILES string of the molecule is CC1(n2cc(/C=C/c3nccnc3-c3ccccc3)cn2)CCS(=O)(=O)C1. The van der Waals surface area contributed by atoms with Gasteiger partial charge in [0.1, 0.15) is 0 Å². The van der Waals surface area contributed by atoms with Gasteiger partial charge in [0.25, 0.3) is 0 Å². The van der Waals surface area contributed by atoms with E-state index in [2.05, 4.69) is 15.1 Å². The number of sulfone groups is 1. The van der Waals surface area contributed by atoms with Gasteiger partial charge in [-0.25, -0.2) is 8.42 Å². The molecule has 0 amide bonds. The Balaban J connectivity index is 1.60. The molecule has 1 saturated heterocycles. The molecule has 1 aliphatic rings. The molecule has 0 saturated carbocycles. The van der Waals surface area contributed by atoms with Crippen molar-refractivity contribution in [1.29, 1.82) is 0 Å². The van der Waals surface area contributed by atoms with E-state index in [1.165, 1.54) is 0 Å². The number of hydrogen-bond donors (Lipinski definition) is 0. The van der Waals surface area contributed by atoms with Crippen LogP contribution in [0.4, 0.5) is 0 Å². The molecule has 3 heterocycles. The Hall–Kier alpha value is -2.80. The molecule has 0 bridgehead atoms. The summed E-state index contributed by atoms with van der Waals surface area (Å²) < 4.78 is 25.4. The molecule has 27 heavy (non-hydrogen) atoms. The average Bonchev–Trinajstić information content (AvgIpc) is 3.26. The van der Waals surface area contributed by atoms with Crippen LogP contribution in [0.25, 0.3) is 23.4 Å². The lowest BCUT2D eigenvalue weighted by Gasteiger charge is -2.22. The van der Waals surface area contributed by atoms with E-state index in [4.69, 9.17) is 0 Å². The van der Waals surface area contributed by atoms with Crippen molar-refractivity contribution in [3.63, 3.8) is 0 Å². The summed E-state index contributed by atoms with van der Waals surface area (Å²) in [6, 6.07) is 9.91. The maximum atomic E-state index is 11.8. The molecule has 0 aliphatic carbocycles. The molecule has 0 N–H and O–H groups in total. The highest BCUT2D eigenvalue weighted by molar-refractivity contribution is 7.91. The summed E-state index contributed by atoms with van der Waals surface area (Å²) in [7, 11) is -2.98. The van der Waals surface area contributed by atoms with Gasteiger partial charge >= 0.3 is 0 Å². The normalized spacial score (nSPS) is 21.7. The van der Waals surface area contributed by atoms with E-state index in [9.17, 15) is 8.42 Å². The monoisotopic (exact) mass is 380 g/mol. The lowest BCUT2D eigenvalue weighted by molar-refractivity contribution is 0.328. The molecule has 0 spiro atoms. The average molecular weight is 380 g/mol. The smallest absolute Gasteiger partial charge is 0.152 e. The zero-order valence-corrected chi connectivity index (χ0v) is 15.8. The van der Waals surface area contributed by atoms with Crippen LogP contribution in [0.15, 0.2) is 55.1 Å². The van der Waals surface area contributed by atoms with E-state index in [0.717, 1.165) is 22.5 Å². The molecule has 7 heteroatoms. The topological polar surface area (TPSA) is 77.7 Å². The summed E-state index contributed by atoms with van der Waals surface area (Å²) in [5.41, 5.74) is 3.00. The Morgan fingerprint density at radius 1 is 1.11 bits per heavy atom. The predicted molar refractivity (Wildman–Crippen MR) is 106 cm³/mol. The van der Waals surface area contributed by atoms with Crippen LogP contribution in [0, 0.1) is 0 Å². The summed E-state index contributed by atoms with van der Waals surface area (Å²) in [5, 5.41) is 4.39. The van der Waals surface area contributed by atoms with Crippen molar-refractivity contribution in [1.82, 2.24) is 19.7 Å². The highest BCUT2D eigenvalue weighted by atomic mass is 32.2. The van der Waals surface area contributed by atoms with Crippen molar-refractivity contribution >= 4 is 22.0 Å². The lowest BCUT2D eigenvalue weighted by Crippen LogP contribution is -2.31. The Morgan fingerprint density at radius 2 is 1.89 bits per heavy atom. The van der Waals surface area contributed by atoms with Crippen LogP contribution in [0.5, 0.6) is 0 Å². The third kappa shape index (κ3) is 3.68. The fourth-order valence-corrected chi connectivity index (χ4v) is 5.48. The van der Waals surface area contributed by atoms with Crippen molar-refractivity contribution in [3.05, 3.63) is 66.4 Å². The van der Waals surface area contributed by atoms with Gasteiger partial charge in [-0.05, 0) is 25.5 Å². The number of hydrogen-bond acceptors (Lipinski definition) is 5. The van der Waals surface area contributed by atoms with E-state index >= 15 is 0 Å². The van der Waals surface area contributed by atoms with Gasteiger partial charge in [0.05, 0.1) is 34.6 Å². The second kappa shape index (κ2) is 6.74. The Kier molecular flexibility index (Phi) is 4.39. The molecule has 138 valence electrons. The van der Waals surface area contributed by atoms with Gasteiger partial charge in [-0.1, -0.05) is 30.3 Å². The standard InChI is InChI=1S/C20H20N4O2S/c1-20(9-12-27(25,26)15-20)24-14-16(13-23-24)7-8-18-19(22-11-10-21-18)17-5-3-2-4-6-17/h2-8,10-11,13-14H,9,12,15H2,1H3/b8-7+. The van der Waals surface area contributed by atoms with Crippen molar-refractivity contribution in [2.24, 2.45) is 0 Å². The molecular formula is C20H20N4O2S. The largest absolute Gasteiger partial charge is 0.265 e. The molecule has 1 unspecified atom stereocenters. The first-order chi connectivity index (χ1) is 13.0. The summed E-state index contributed by atoms with van der Waals surface area (Å²) in [5.74, 6) is 0.349. The van der Waals surface area contributed by atoms with Gasteiger partial charge in [0.2, 0.25) is 0 Å². The fourth-order valence-electron chi connectivity index (χ4n) is 3.36. The molecule has 4 rings (SSSR count). The van der Waals surface area contributed by atoms with Gasteiger partial charge in [-0.3, -0.25) is 14.6 Å². The second-order valence-electron chi connectivity index (χ2n) is 7.05. The summed E-state index contributed by atoms with van der Waals surface area (Å²) in [6.07, 6.45) is 11.4. The number of benzene rings is 1. The highest BCUT2D eigenvalue weighted by Gasteiger charge is 2.40. The summed E-state index contributed by atoms with van der Waals surface area (Å²) >= 11 is 0. The maximum Gasteiger partial charge on any atom is 0.152 e. The lowest BCUT2D eigenvalue weighted by atomic mass is 10.0. The molecule has 0 radical (unpaired) electrons. The maximum absolute atomic E-state index is 11.8. The van der Waals surface area contributed by atoms with E-state index < -0.39 is 15.4 Å². The van der Waals surface area contributed by atoms with Crippen LogP contribution in [-0.4, -0.2) is 39.7 Å². The molecule has 3 aromatic rings. The number of nitrogens with zero attached hydrogens (tertiary/aromatic N) is 4. The molecule has 1 atom stereocenters. The predicted octanol–water partition coefficient (Wildman–Crippen LogP) is 3.04. The van der Waals surface area contributed by atoms with Crippen LogP contribution in [0.3, 0.4) is 0 Å². The van der Waals surface area contributed by atoms with E-state index in [0.29, 0.717) is 6.42 Å². The van der Waals surface area contributed by atoms with Gasteiger partial charge in [-0.15, -0.1) is 0 Å². The van der Waals surface area contributed by atoms with Crippen LogP contribution in [0.2, 0.25) is 0 Å². The third-order valence-electron chi connectivity index (χ3n) is 4.85. The van der Waals surface area contributed by atoms with Crippen LogP contribution in [0.1, 0.15) is 24.6 Å². The Labute approximate surface area is 158 Å². The summed E-state index contributed by atoms with van der Waals surface area (Å²) in [6.45, 7) is 1.94. The van der Waals surface area contributed by atoms with Crippen molar-refractivity contribution < 1.29 is 8.42 Å². The first-order valence-electron chi connectivity index (χ1n) is 8.75. The van der Waals surface area contributed by atoms with E-state index in [1.807, 2.05) is 55.6 Å². The highest BCUT2D eigenvalue weighted by Crippen LogP contribution is 2.30. The minimum Gasteiger partial charge on any atom is -0.265 e. The number of aromatic nitrogens is 4. The van der Waals surface area contributed by atoms with Gasteiger partial charge in [0, 0.05) is 29.7 Å². The Bertz CT molecular complexity index is 1090. The van der Waals surface area contributed by atoms with E-state index in [1.54, 1.807) is 23.3 Å². The first-order valence-corrected chi connectivity index (χ1v) is 10.6.